The maximum Gasteiger partial charge on any atom is 0.228 e. The Labute approximate surface area is 122 Å². The number of rotatable bonds is 2. The fraction of sp³-hybridized carbons (Fsp3) is 0.643. The molecule has 2 atom stereocenters. The van der Waals surface area contributed by atoms with Crippen LogP contribution in [-0.2, 0) is 9.59 Å². The summed E-state index contributed by atoms with van der Waals surface area (Å²) in [6.07, 6.45) is 4.31. The molecule has 6 heteroatoms. The molecule has 3 rings (SSSR count). The topological polar surface area (TPSA) is 53.5 Å². The van der Waals surface area contributed by atoms with E-state index >= 15 is 0 Å². The molecule has 2 saturated heterocycles. The standard InChI is InChI=1S/C14H19N3O2S/c1-16-8-11(7-12(16)18)14(19)17-5-2-3-10(9-17)13-15-4-6-20-13/h4,6,10-11H,2-3,5,7-9H2,1H3. The van der Waals surface area contributed by atoms with E-state index in [9.17, 15) is 9.59 Å². The van der Waals surface area contributed by atoms with Gasteiger partial charge in [0.05, 0.1) is 10.9 Å². The van der Waals surface area contributed by atoms with Crippen molar-refractivity contribution in [1.82, 2.24) is 14.8 Å². The van der Waals surface area contributed by atoms with Crippen LogP contribution in [0.4, 0.5) is 0 Å². The second-order valence-electron chi connectivity index (χ2n) is 5.67. The van der Waals surface area contributed by atoms with Crippen LogP contribution in [0.3, 0.4) is 0 Å². The Morgan fingerprint density at radius 1 is 1.45 bits per heavy atom. The van der Waals surface area contributed by atoms with E-state index in [-0.39, 0.29) is 17.7 Å². The maximum atomic E-state index is 12.5. The number of hydrogen-bond donors (Lipinski definition) is 0. The molecule has 2 fully saturated rings. The first kappa shape index (κ1) is 13.5. The van der Waals surface area contributed by atoms with Crippen LogP contribution in [0, 0.1) is 5.92 Å². The minimum atomic E-state index is -0.150. The molecular weight excluding hydrogens is 274 g/mol. The van der Waals surface area contributed by atoms with Crippen molar-refractivity contribution in [2.45, 2.75) is 25.2 Å². The van der Waals surface area contributed by atoms with Gasteiger partial charge in [-0.25, -0.2) is 4.98 Å². The molecule has 3 heterocycles. The summed E-state index contributed by atoms with van der Waals surface area (Å²) < 4.78 is 0. The van der Waals surface area contributed by atoms with Crippen LogP contribution < -0.4 is 0 Å². The number of piperidine rings is 1. The second kappa shape index (κ2) is 5.52. The van der Waals surface area contributed by atoms with Crippen LogP contribution in [0.15, 0.2) is 11.6 Å². The Hall–Kier alpha value is -1.43. The number of likely N-dealkylation sites (tertiary alicyclic amines) is 2. The van der Waals surface area contributed by atoms with Crippen molar-refractivity contribution >= 4 is 23.2 Å². The summed E-state index contributed by atoms with van der Waals surface area (Å²) in [5.74, 6) is 0.436. The summed E-state index contributed by atoms with van der Waals surface area (Å²) in [4.78, 5) is 32.1. The van der Waals surface area contributed by atoms with E-state index in [1.807, 2.05) is 16.5 Å². The highest BCUT2D eigenvalue weighted by Gasteiger charge is 2.36. The molecule has 2 aliphatic heterocycles. The zero-order valence-corrected chi connectivity index (χ0v) is 12.4. The van der Waals surface area contributed by atoms with Crippen molar-refractivity contribution in [3.63, 3.8) is 0 Å². The van der Waals surface area contributed by atoms with E-state index in [4.69, 9.17) is 0 Å². The quantitative estimate of drug-likeness (QED) is 0.826. The Morgan fingerprint density at radius 2 is 2.30 bits per heavy atom. The van der Waals surface area contributed by atoms with E-state index in [1.54, 1.807) is 23.3 Å². The van der Waals surface area contributed by atoms with Gasteiger partial charge in [-0.2, -0.15) is 0 Å². The molecule has 0 saturated carbocycles. The lowest BCUT2D eigenvalue weighted by molar-refractivity contribution is -0.137. The first-order valence-electron chi connectivity index (χ1n) is 7.07. The smallest absolute Gasteiger partial charge is 0.228 e. The molecule has 2 aliphatic rings. The van der Waals surface area contributed by atoms with Crippen LogP contribution in [0.1, 0.15) is 30.2 Å². The van der Waals surface area contributed by atoms with Crippen molar-refractivity contribution in [3.05, 3.63) is 16.6 Å². The van der Waals surface area contributed by atoms with Gasteiger partial charge in [0.15, 0.2) is 0 Å². The predicted molar refractivity (Wildman–Crippen MR) is 76.4 cm³/mol. The average molecular weight is 293 g/mol. The third-order valence-electron chi connectivity index (χ3n) is 4.22. The number of thiazole rings is 1. The highest BCUT2D eigenvalue weighted by molar-refractivity contribution is 7.09. The maximum absolute atomic E-state index is 12.5. The Balaban J connectivity index is 1.65. The van der Waals surface area contributed by atoms with Crippen molar-refractivity contribution in [2.75, 3.05) is 26.7 Å². The lowest BCUT2D eigenvalue weighted by Crippen LogP contribution is -2.42. The molecule has 108 valence electrons. The van der Waals surface area contributed by atoms with E-state index in [1.165, 1.54) is 0 Å². The molecule has 0 N–H and O–H groups in total. The molecule has 0 aromatic carbocycles. The minimum absolute atomic E-state index is 0.0804. The highest BCUT2D eigenvalue weighted by Crippen LogP contribution is 2.30. The van der Waals surface area contributed by atoms with E-state index in [2.05, 4.69) is 4.98 Å². The normalized spacial score (nSPS) is 27.1. The van der Waals surface area contributed by atoms with Gasteiger partial charge in [0.1, 0.15) is 0 Å². The Morgan fingerprint density at radius 3 is 2.95 bits per heavy atom. The van der Waals surface area contributed by atoms with E-state index < -0.39 is 0 Å². The molecule has 0 bridgehead atoms. The zero-order chi connectivity index (χ0) is 14.1. The fourth-order valence-electron chi connectivity index (χ4n) is 3.10. The molecule has 1 aromatic rings. The van der Waals surface area contributed by atoms with Gasteiger partial charge in [0.2, 0.25) is 11.8 Å². The summed E-state index contributed by atoms with van der Waals surface area (Å²) in [5, 5.41) is 3.11. The number of carbonyl (C=O) groups is 2. The van der Waals surface area contributed by atoms with Crippen LogP contribution in [-0.4, -0.2) is 53.3 Å². The summed E-state index contributed by atoms with van der Waals surface area (Å²) in [6, 6.07) is 0. The molecule has 20 heavy (non-hydrogen) atoms. The molecule has 1 aromatic heterocycles. The van der Waals surface area contributed by atoms with Gasteiger partial charge in [-0.15, -0.1) is 11.3 Å². The molecule has 2 amide bonds. The summed E-state index contributed by atoms with van der Waals surface area (Å²) in [7, 11) is 1.77. The summed E-state index contributed by atoms with van der Waals surface area (Å²) in [5.41, 5.74) is 0. The first-order chi connectivity index (χ1) is 9.65. The van der Waals surface area contributed by atoms with Crippen LogP contribution in [0.5, 0.6) is 0 Å². The molecule has 0 radical (unpaired) electrons. The van der Waals surface area contributed by atoms with Crippen molar-refractivity contribution in [3.8, 4) is 0 Å². The summed E-state index contributed by atoms with van der Waals surface area (Å²) in [6.45, 7) is 2.13. The lowest BCUT2D eigenvalue weighted by Gasteiger charge is -2.33. The Kier molecular flexibility index (Phi) is 3.74. The molecule has 5 nitrogen and oxygen atoms in total. The largest absolute Gasteiger partial charge is 0.345 e. The minimum Gasteiger partial charge on any atom is -0.345 e. The van der Waals surface area contributed by atoms with E-state index in [0.29, 0.717) is 18.9 Å². The van der Waals surface area contributed by atoms with Gasteiger partial charge >= 0.3 is 0 Å². The van der Waals surface area contributed by atoms with Crippen molar-refractivity contribution in [2.24, 2.45) is 5.92 Å². The van der Waals surface area contributed by atoms with Crippen LogP contribution in [0.2, 0.25) is 0 Å². The zero-order valence-electron chi connectivity index (χ0n) is 11.6. The monoisotopic (exact) mass is 293 g/mol. The third-order valence-corrected chi connectivity index (χ3v) is 5.16. The van der Waals surface area contributed by atoms with Gasteiger partial charge < -0.3 is 9.80 Å². The SMILES string of the molecule is CN1CC(C(=O)N2CCCC(c3nccs3)C2)CC1=O. The number of carbonyl (C=O) groups excluding carboxylic acids is 2. The van der Waals surface area contributed by atoms with Crippen LogP contribution in [0.25, 0.3) is 0 Å². The van der Waals surface area contributed by atoms with Gasteiger partial charge in [0, 0.05) is 50.6 Å². The van der Waals surface area contributed by atoms with Gasteiger partial charge in [-0.05, 0) is 12.8 Å². The number of amides is 2. The molecule has 0 spiro atoms. The van der Waals surface area contributed by atoms with Crippen molar-refractivity contribution in [1.29, 1.82) is 0 Å². The highest BCUT2D eigenvalue weighted by atomic mass is 32.1. The average Bonchev–Trinajstić information content (AvgIpc) is 3.09. The second-order valence-corrected chi connectivity index (χ2v) is 6.60. The fourth-order valence-corrected chi connectivity index (χ4v) is 3.87. The number of nitrogens with zero attached hydrogens (tertiary/aromatic N) is 3. The first-order valence-corrected chi connectivity index (χ1v) is 7.95. The van der Waals surface area contributed by atoms with Crippen molar-refractivity contribution < 1.29 is 9.59 Å². The Bertz CT molecular complexity index is 503. The molecule has 0 aliphatic carbocycles. The number of hydrogen-bond acceptors (Lipinski definition) is 4. The molecule has 2 unspecified atom stereocenters. The summed E-state index contributed by atoms with van der Waals surface area (Å²) >= 11 is 1.66. The van der Waals surface area contributed by atoms with Gasteiger partial charge in [0.25, 0.3) is 0 Å². The van der Waals surface area contributed by atoms with Gasteiger partial charge in [-0.3, -0.25) is 9.59 Å². The number of aromatic nitrogens is 1. The van der Waals surface area contributed by atoms with E-state index in [0.717, 1.165) is 30.9 Å². The molecular formula is C14H19N3O2S. The predicted octanol–water partition coefficient (Wildman–Crippen LogP) is 1.33. The third kappa shape index (κ3) is 2.57. The lowest BCUT2D eigenvalue weighted by atomic mass is 9.96. The van der Waals surface area contributed by atoms with Gasteiger partial charge in [-0.1, -0.05) is 0 Å². The van der Waals surface area contributed by atoms with Crippen LogP contribution >= 0.6 is 11.3 Å².